The molecule has 1 aromatic carbocycles. The molecule has 1 saturated heterocycles. The van der Waals surface area contributed by atoms with E-state index in [1.165, 1.54) is 21.4 Å². The molecular formula is C16H19ClN4O3S. The third-order valence-corrected chi connectivity index (χ3v) is 6.26. The van der Waals surface area contributed by atoms with Crippen LogP contribution in [0.2, 0.25) is 5.02 Å². The van der Waals surface area contributed by atoms with Gasteiger partial charge in [-0.2, -0.15) is 9.40 Å². The van der Waals surface area contributed by atoms with Crippen LogP contribution in [0, 0.1) is 5.92 Å². The van der Waals surface area contributed by atoms with E-state index in [2.05, 4.69) is 10.4 Å². The van der Waals surface area contributed by atoms with Crippen LogP contribution in [0.15, 0.2) is 41.6 Å². The van der Waals surface area contributed by atoms with Gasteiger partial charge in [-0.3, -0.25) is 9.48 Å². The van der Waals surface area contributed by atoms with Crippen molar-refractivity contribution in [3.8, 4) is 0 Å². The standard InChI is InChI=1S/C16H19ClN4O3S/c1-20-11-15(9-18-20)25(23,24)21-8-2-3-12(10-21)16(22)19-14-6-4-13(17)5-7-14/h4-7,9,11-12H,2-3,8,10H2,1H3,(H,19,22)/t12-/m0/s1. The molecule has 0 saturated carbocycles. The van der Waals surface area contributed by atoms with Crippen LogP contribution >= 0.6 is 11.6 Å². The number of benzene rings is 1. The van der Waals surface area contributed by atoms with Crippen LogP contribution in [0.3, 0.4) is 0 Å². The van der Waals surface area contributed by atoms with Crippen molar-refractivity contribution >= 4 is 33.2 Å². The summed E-state index contributed by atoms with van der Waals surface area (Å²) in [7, 11) is -1.97. The van der Waals surface area contributed by atoms with Crippen LogP contribution in [-0.4, -0.2) is 41.5 Å². The fourth-order valence-corrected chi connectivity index (χ4v) is 4.47. The topological polar surface area (TPSA) is 84.3 Å². The van der Waals surface area contributed by atoms with Gasteiger partial charge in [0.2, 0.25) is 15.9 Å². The summed E-state index contributed by atoms with van der Waals surface area (Å²) in [5.74, 6) is -0.579. The summed E-state index contributed by atoms with van der Waals surface area (Å²) in [6.07, 6.45) is 4.08. The molecule has 1 aromatic heterocycles. The van der Waals surface area contributed by atoms with Crippen LogP contribution < -0.4 is 5.32 Å². The van der Waals surface area contributed by atoms with E-state index >= 15 is 0 Å². The molecule has 134 valence electrons. The highest BCUT2D eigenvalue weighted by Crippen LogP contribution is 2.24. The minimum atomic E-state index is -3.63. The number of hydrogen-bond donors (Lipinski definition) is 1. The predicted molar refractivity (Wildman–Crippen MR) is 94.8 cm³/mol. The van der Waals surface area contributed by atoms with Crippen molar-refractivity contribution < 1.29 is 13.2 Å². The van der Waals surface area contributed by atoms with E-state index in [9.17, 15) is 13.2 Å². The Labute approximate surface area is 151 Å². The zero-order chi connectivity index (χ0) is 18.0. The van der Waals surface area contributed by atoms with Gasteiger partial charge < -0.3 is 5.32 Å². The number of rotatable bonds is 4. The average molecular weight is 383 g/mol. The van der Waals surface area contributed by atoms with Gasteiger partial charge in [0.1, 0.15) is 4.90 Å². The molecule has 1 aliphatic rings. The van der Waals surface area contributed by atoms with E-state index in [0.29, 0.717) is 30.1 Å². The maximum Gasteiger partial charge on any atom is 0.246 e. The molecule has 0 bridgehead atoms. The molecule has 0 unspecified atom stereocenters. The van der Waals surface area contributed by atoms with E-state index < -0.39 is 15.9 Å². The Morgan fingerprint density at radius 3 is 2.68 bits per heavy atom. The Balaban J connectivity index is 1.70. The maximum atomic E-state index is 12.7. The quantitative estimate of drug-likeness (QED) is 0.877. The summed E-state index contributed by atoms with van der Waals surface area (Å²) in [5, 5.41) is 7.32. The number of halogens is 1. The summed E-state index contributed by atoms with van der Waals surface area (Å²) in [5.41, 5.74) is 0.640. The molecule has 3 rings (SSSR count). The van der Waals surface area contributed by atoms with E-state index in [1.807, 2.05) is 0 Å². The lowest BCUT2D eigenvalue weighted by molar-refractivity contribution is -0.120. The van der Waals surface area contributed by atoms with Gasteiger partial charge in [0, 0.05) is 37.0 Å². The van der Waals surface area contributed by atoms with Gasteiger partial charge in [-0.15, -0.1) is 0 Å². The van der Waals surface area contributed by atoms with Gasteiger partial charge in [-0.1, -0.05) is 11.6 Å². The van der Waals surface area contributed by atoms with E-state index in [-0.39, 0.29) is 17.3 Å². The highest BCUT2D eigenvalue weighted by atomic mass is 35.5. The maximum absolute atomic E-state index is 12.7. The van der Waals surface area contributed by atoms with Gasteiger partial charge in [-0.25, -0.2) is 8.42 Å². The van der Waals surface area contributed by atoms with Gasteiger partial charge in [0.15, 0.2) is 0 Å². The average Bonchev–Trinajstić information content (AvgIpc) is 3.04. The Kier molecular flexibility index (Phi) is 5.12. The van der Waals surface area contributed by atoms with Crippen molar-refractivity contribution in [3.63, 3.8) is 0 Å². The molecule has 0 radical (unpaired) electrons. The highest BCUT2D eigenvalue weighted by molar-refractivity contribution is 7.89. The number of sulfonamides is 1. The fourth-order valence-electron chi connectivity index (χ4n) is 2.83. The van der Waals surface area contributed by atoms with E-state index in [1.54, 1.807) is 31.3 Å². The van der Waals surface area contributed by atoms with Gasteiger partial charge >= 0.3 is 0 Å². The first-order chi connectivity index (χ1) is 11.9. The van der Waals surface area contributed by atoms with Crippen LogP contribution in [0.1, 0.15) is 12.8 Å². The SMILES string of the molecule is Cn1cc(S(=O)(=O)N2CCC[C@H](C(=O)Nc3ccc(Cl)cc3)C2)cn1. The fraction of sp³-hybridized carbons (Fsp3) is 0.375. The van der Waals surface area contributed by atoms with Crippen LogP contribution in [0.4, 0.5) is 5.69 Å². The molecule has 9 heteroatoms. The second-order valence-electron chi connectivity index (χ2n) is 6.05. The summed E-state index contributed by atoms with van der Waals surface area (Å²) >= 11 is 5.83. The second kappa shape index (κ2) is 7.15. The molecule has 2 heterocycles. The normalized spacial score (nSPS) is 18.9. The largest absolute Gasteiger partial charge is 0.326 e. The Morgan fingerprint density at radius 2 is 2.04 bits per heavy atom. The number of aryl methyl sites for hydroxylation is 1. The zero-order valence-corrected chi connectivity index (χ0v) is 15.3. The molecule has 2 aromatic rings. The molecular weight excluding hydrogens is 364 g/mol. The van der Waals surface area contributed by atoms with Crippen LogP contribution in [-0.2, 0) is 21.9 Å². The molecule has 1 N–H and O–H groups in total. The van der Waals surface area contributed by atoms with Crippen molar-refractivity contribution in [3.05, 3.63) is 41.7 Å². The number of nitrogens with zero attached hydrogens (tertiary/aromatic N) is 3. The number of amides is 1. The van der Waals surface area contributed by atoms with Gasteiger partial charge in [-0.05, 0) is 37.1 Å². The molecule has 0 spiro atoms. The van der Waals surface area contributed by atoms with Crippen molar-refractivity contribution in [2.24, 2.45) is 13.0 Å². The lowest BCUT2D eigenvalue weighted by Crippen LogP contribution is -2.43. The Morgan fingerprint density at radius 1 is 1.32 bits per heavy atom. The molecule has 25 heavy (non-hydrogen) atoms. The zero-order valence-electron chi connectivity index (χ0n) is 13.7. The number of anilines is 1. The highest BCUT2D eigenvalue weighted by Gasteiger charge is 2.33. The Bertz CT molecular complexity index is 864. The molecule has 1 amide bonds. The first kappa shape index (κ1) is 17.9. The third-order valence-electron chi connectivity index (χ3n) is 4.19. The summed E-state index contributed by atoms with van der Waals surface area (Å²) < 4.78 is 28.2. The van der Waals surface area contributed by atoms with Gasteiger partial charge in [0.05, 0.1) is 12.1 Å². The minimum Gasteiger partial charge on any atom is -0.326 e. The number of hydrogen-bond acceptors (Lipinski definition) is 4. The second-order valence-corrected chi connectivity index (χ2v) is 8.42. The summed E-state index contributed by atoms with van der Waals surface area (Å²) in [4.78, 5) is 12.6. The Hall–Kier alpha value is -1.90. The monoisotopic (exact) mass is 382 g/mol. The lowest BCUT2D eigenvalue weighted by atomic mass is 9.99. The van der Waals surface area contributed by atoms with Crippen LogP contribution in [0.25, 0.3) is 0 Å². The number of carbonyl (C=O) groups is 1. The van der Waals surface area contributed by atoms with Gasteiger partial charge in [0.25, 0.3) is 0 Å². The molecule has 1 atom stereocenters. The third kappa shape index (κ3) is 4.02. The number of piperidine rings is 1. The molecule has 1 aliphatic heterocycles. The predicted octanol–water partition coefficient (Wildman–Crippen LogP) is 2.11. The number of nitrogens with one attached hydrogen (secondary N) is 1. The number of aromatic nitrogens is 2. The molecule has 0 aliphatic carbocycles. The smallest absolute Gasteiger partial charge is 0.246 e. The van der Waals surface area contributed by atoms with Crippen molar-refractivity contribution in [2.75, 3.05) is 18.4 Å². The first-order valence-electron chi connectivity index (χ1n) is 7.91. The van der Waals surface area contributed by atoms with Crippen LogP contribution in [0.5, 0.6) is 0 Å². The minimum absolute atomic E-state index is 0.147. The molecule has 1 fully saturated rings. The summed E-state index contributed by atoms with van der Waals surface area (Å²) in [6.45, 7) is 0.568. The lowest BCUT2D eigenvalue weighted by Gasteiger charge is -2.30. The molecule has 7 nitrogen and oxygen atoms in total. The van der Waals surface area contributed by atoms with E-state index in [0.717, 1.165) is 0 Å². The summed E-state index contributed by atoms with van der Waals surface area (Å²) in [6, 6.07) is 6.81. The van der Waals surface area contributed by atoms with E-state index in [4.69, 9.17) is 11.6 Å². The first-order valence-corrected chi connectivity index (χ1v) is 9.73. The van der Waals surface area contributed by atoms with Crippen molar-refractivity contribution in [2.45, 2.75) is 17.7 Å². The number of carbonyl (C=O) groups excluding carboxylic acids is 1. The van der Waals surface area contributed by atoms with Crippen molar-refractivity contribution in [1.82, 2.24) is 14.1 Å². The van der Waals surface area contributed by atoms with Crippen molar-refractivity contribution in [1.29, 1.82) is 0 Å².